The second-order valence-corrected chi connectivity index (χ2v) is 16.5. The molecule has 56 heavy (non-hydrogen) atoms. The molecule has 0 spiro atoms. The number of carbonyl (C=O) groups is 2. The highest BCUT2D eigenvalue weighted by atomic mass is 31.2. The van der Waals surface area contributed by atoms with E-state index in [2.05, 4.69) is 67.8 Å². The number of rotatable bonds is 42. The molecule has 0 rings (SSSR count). The number of carbonyl (C=O) groups excluding carboxylic acids is 2. The number of phosphoric acid groups is 1. The van der Waals surface area contributed by atoms with Gasteiger partial charge in [-0.2, -0.15) is 0 Å². The van der Waals surface area contributed by atoms with Crippen LogP contribution in [0, 0.1) is 0 Å². The van der Waals surface area contributed by atoms with Crippen LogP contribution in [0.3, 0.4) is 0 Å². The van der Waals surface area contributed by atoms with Gasteiger partial charge in [-0.3, -0.25) is 18.6 Å². The summed E-state index contributed by atoms with van der Waals surface area (Å²) >= 11 is 0. The van der Waals surface area contributed by atoms with Crippen molar-refractivity contribution in [3.05, 3.63) is 48.6 Å². The number of aliphatic hydroxyl groups excluding tert-OH is 1. The van der Waals surface area contributed by atoms with E-state index in [1.165, 1.54) is 96.3 Å². The van der Waals surface area contributed by atoms with Crippen LogP contribution in [0.15, 0.2) is 48.6 Å². The van der Waals surface area contributed by atoms with Gasteiger partial charge in [0.25, 0.3) is 0 Å². The summed E-state index contributed by atoms with van der Waals surface area (Å²) in [5, 5.41) is 12.7. The molecule has 0 aliphatic carbocycles. The third kappa shape index (κ3) is 43.1. The molecule has 9 nitrogen and oxygen atoms in total. The van der Waals surface area contributed by atoms with Crippen LogP contribution in [0.2, 0.25) is 0 Å². The molecule has 1 amide bonds. The third-order valence-electron chi connectivity index (χ3n) is 9.51. The van der Waals surface area contributed by atoms with E-state index < -0.39 is 26.5 Å². The van der Waals surface area contributed by atoms with Gasteiger partial charge in [0.15, 0.2) is 0 Å². The Labute approximate surface area is 343 Å². The minimum absolute atomic E-state index is 0.0803. The second-order valence-electron chi connectivity index (χ2n) is 15.0. The van der Waals surface area contributed by atoms with Crippen molar-refractivity contribution >= 4 is 19.7 Å². The molecule has 0 bridgehead atoms. The van der Waals surface area contributed by atoms with Gasteiger partial charge in [0.2, 0.25) is 5.91 Å². The molecule has 0 fully saturated rings. The number of esters is 1. The molecule has 0 aromatic rings. The Kier molecular flexibility index (Phi) is 41.0. The van der Waals surface area contributed by atoms with E-state index in [0.717, 1.165) is 70.6 Å². The van der Waals surface area contributed by atoms with Gasteiger partial charge in [0, 0.05) is 19.4 Å². The Balaban J connectivity index is 3.63. The monoisotopic (exact) mass is 810 g/mol. The van der Waals surface area contributed by atoms with Gasteiger partial charge >= 0.3 is 13.8 Å². The van der Waals surface area contributed by atoms with Crippen LogP contribution in [-0.4, -0.2) is 54.3 Å². The Morgan fingerprint density at radius 1 is 0.554 bits per heavy atom. The number of allylic oxidation sites excluding steroid dienone is 8. The van der Waals surface area contributed by atoms with Crippen molar-refractivity contribution in [2.75, 3.05) is 26.4 Å². The average Bonchev–Trinajstić information content (AvgIpc) is 3.18. The smallest absolute Gasteiger partial charge is 0.463 e. The molecule has 0 saturated carbocycles. The lowest BCUT2D eigenvalue weighted by Crippen LogP contribution is -2.27. The molecule has 2 atom stereocenters. The van der Waals surface area contributed by atoms with E-state index in [0.29, 0.717) is 12.8 Å². The normalized spacial score (nSPS) is 13.7. The number of ether oxygens (including phenoxy) is 1. The summed E-state index contributed by atoms with van der Waals surface area (Å²) in [6.07, 6.45) is 48.9. The minimum atomic E-state index is -4.42. The molecule has 0 aliphatic rings. The molecule has 0 radical (unpaired) electrons. The van der Waals surface area contributed by atoms with Crippen LogP contribution in [-0.2, 0) is 27.9 Å². The lowest BCUT2D eigenvalue weighted by molar-refractivity contribution is -0.147. The molecule has 0 saturated heterocycles. The van der Waals surface area contributed by atoms with Gasteiger partial charge in [0.1, 0.15) is 12.7 Å². The number of hydrogen-bond donors (Lipinski definition) is 3. The van der Waals surface area contributed by atoms with Crippen molar-refractivity contribution in [3.8, 4) is 0 Å². The van der Waals surface area contributed by atoms with Crippen molar-refractivity contribution in [1.29, 1.82) is 0 Å². The number of phosphoric ester groups is 1. The van der Waals surface area contributed by atoms with Gasteiger partial charge in [-0.15, -0.1) is 0 Å². The lowest BCUT2D eigenvalue weighted by atomic mass is 10.0. The molecule has 326 valence electrons. The molecule has 2 unspecified atom stereocenters. The van der Waals surface area contributed by atoms with E-state index in [1.807, 2.05) is 0 Å². The molecule has 0 aromatic heterocycles. The van der Waals surface area contributed by atoms with E-state index in [1.54, 1.807) is 0 Å². The van der Waals surface area contributed by atoms with Crippen molar-refractivity contribution in [2.24, 2.45) is 0 Å². The zero-order valence-corrected chi connectivity index (χ0v) is 36.7. The van der Waals surface area contributed by atoms with Crippen LogP contribution in [0.4, 0.5) is 0 Å². The molecular formula is C46H84NO8P. The van der Waals surface area contributed by atoms with Crippen molar-refractivity contribution in [2.45, 2.75) is 206 Å². The second kappa shape index (κ2) is 42.6. The highest BCUT2D eigenvalue weighted by Gasteiger charge is 2.23. The standard InChI is InChI=1S/C46H84NO8P/c1-3-5-7-9-11-13-15-17-19-20-21-22-23-24-25-27-29-31-33-35-37-39-46(50)53-42-44(48)43-55-56(51,52)54-41-40-47-45(49)38-36-34-32-30-28-26-18-16-14-12-10-8-6-4-2/h11,13,17,19,21-22,24-25,44,48H,3-10,12,14-16,18,20,23,26-43H2,1-2H3,(H,47,49)(H,51,52)/b13-11-,19-17-,22-21-,25-24-. The van der Waals surface area contributed by atoms with E-state index >= 15 is 0 Å². The first-order valence-electron chi connectivity index (χ1n) is 22.6. The third-order valence-corrected chi connectivity index (χ3v) is 10.5. The average molecular weight is 810 g/mol. The number of nitrogens with one attached hydrogen (secondary N) is 1. The number of unbranched alkanes of at least 4 members (excludes halogenated alkanes) is 21. The summed E-state index contributed by atoms with van der Waals surface area (Å²) in [7, 11) is -4.42. The summed E-state index contributed by atoms with van der Waals surface area (Å²) < 4.78 is 26.9. The van der Waals surface area contributed by atoms with Gasteiger partial charge < -0.3 is 20.1 Å². The predicted molar refractivity (Wildman–Crippen MR) is 234 cm³/mol. The maximum Gasteiger partial charge on any atom is 0.472 e. The number of hydrogen-bond acceptors (Lipinski definition) is 7. The minimum Gasteiger partial charge on any atom is -0.463 e. The quantitative estimate of drug-likeness (QED) is 0.0240. The summed E-state index contributed by atoms with van der Waals surface area (Å²) in [6, 6.07) is 0. The molecule has 10 heteroatoms. The zero-order chi connectivity index (χ0) is 41.1. The number of amides is 1. The van der Waals surface area contributed by atoms with Gasteiger partial charge in [-0.25, -0.2) is 4.57 Å². The molecule has 3 N–H and O–H groups in total. The van der Waals surface area contributed by atoms with Gasteiger partial charge in [-0.05, 0) is 57.8 Å². The topological polar surface area (TPSA) is 131 Å². The van der Waals surface area contributed by atoms with Crippen LogP contribution in [0.5, 0.6) is 0 Å². The highest BCUT2D eigenvalue weighted by Crippen LogP contribution is 2.42. The predicted octanol–water partition coefficient (Wildman–Crippen LogP) is 12.7. The Morgan fingerprint density at radius 3 is 1.48 bits per heavy atom. The highest BCUT2D eigenvalue weighted by molar-refractivity contribution is 7.47. The SMILES string of the molecule is CCCCC/C=C\C/C=C\C/C=C\C/C=C\CCCCCCCC(=O)OCC(O)COP(=O)(O)OCCNC(=O)CCCCCCCCCCCCCCCC. The Bertz CT molecular complexity index is 1060. The summed E-state index contributed by atoms with van der Waals surface area (Å²) in [5.74, 6) is -0.532. The van der Waals surface area contributed by atoms with Crippen LogP contribution < -0.4 is 5.32 Å². The summed E-state index contributed by atoms with van der Waals surface area (Å²) in [5.41, 5.74) is 0. The maximum absolute atomic E-state index is 12.1. The Morgan fingerprint density at radius 2 is 0.964 bits per heavy atom. The summed E-state index contributed by atoms with van der Waals surface area (Å²) in [6.45, 7) is 3.51. The molecular weight excluding hydrogens is 725 g/mol. The first-order valence-corrected chi connectivity index (χ1v) is 24.1. The largest absolute Gasteiger partial charge is 0.472 e. The fourth-order valence-electron chi connectivity index (χ4n) is 6.07. The van der Waals surface area contributed by atoms with Crippen LogP contribution >= 0.6 is 7.82 Å². The van der Waals surface area contributed by atoms with Crippen molar-refractivity contribution in [3.63, 3.8) is 0 Å². The maximum atomic E-state index is 12.1. The zero-order valence-electron chi connectivity index (χ0n) is 35.8. The van der Waals surface area contributed by atoms with Crippen LogP contribution in [0.1, 0.15) is 200 Å². The van der Waals surface area contributed by atoms with Crippen LogP contribution in [0.25, 0.3) is 0 Å². The van der Waals surface area contributed by atoms with Crippen molar-refractivity contribution in [1.82, 2.24) is 5.32 Å². The first kappa shape index (κ1) is 54.0. The van der Waals surface area contributed by atoms with Crippen molar-refractivity contribution < 1.29 is 37.9 Å². The molecule has 0 aromatic carbocycles. The van der Waals surface area contributed by atoms with E-state index in [9.17, 15) is 24.2 Å². The molecule has 0 heterocycles. The lowest BCUT2D eigenvalue weighted by Gasteiger charge is -2.15. The fraction of sp³-hybridized carbons (Fsp3) is 0.783. The summed E-state index contributed by atoms with van der Waals surface area (Å²) in [4.78, 5) is 33.9. The van der Waals surface area contributed by atoms with Gasteiger partial charge in [0.05, 0.1) is 13.2 Å². The number of aliphatic hydroxyl groups is 1. The first-order chi connectivity index (χ1) is 27.3. The van der Waals surface area contributed by atoms with Gasteiger partial charge in [-0.1, -0.05) is 178 Å². The fourth-order valence-corrected chi connectivity index (χ4v) is 6.83. The van der Waals surface area contributed by atoms with E-state index in [-0.39, 0.29) is 32.1 Å². The molecule has 0 aliphatic heterocycles. The Hall–Kier alpha value is -2.03. The van der Waals surface area contributed by atoms with E-state index in [4.69, 9.17) is 13.8 Å².